The first kappa shape index (κ1) is 14.8. The van der Waals surface area contributed by atoms with Crippen molar-refractivity contribution < 1.29 is 14.4 Å². The highest BCUT2D eigenvalue weighted by Gasteiger charge is 2.14. The number of hydrogen-bond acceptors (Lipinski definition) is 5. The van der Waals surface area contributed by atoms with Gasteiger partial charge in [0, 0.05) is 6.07 Å². The Kier molecular flexibility index (Phi) is 4.40. The van der Waals surface area contributed by atoms with Crippen LogP contribution in [-0.4, -0.2) is 12.0 Å². The minimum absolute atomic E-state index is 0.0851. The number of nitro benzene ring substituents is 1. The molecule has 0 bridgehead atoms. The largest absolute Gasteiger partial charge is 0.493 e. The SMILES string of the molecule is COc1cc([N+](=O)[O-])ccc1Oc1ccc(C#N)cc1Br. The normalized spacial score (nSPS) is 9.76. The lowest BCUT2D eigenvalue weighted by Crippen LogP contribution is -1.94. The fourth-order valence-corrected chi connectivity index (χ4v) is 2.09. The maximum absolute atomic E-state index is 10.7. The van der Waals surface area contributed by atoms with Crippen LogP contribution in [0, 0.1) is 21.4 Å². The molecule has 6 nitrogen and oxygen atoms in total. The molecular weight excluding hydrogens is 340 g/mol. The van der Waals surface area contributed by atoms with Crippen LogP contribution in [0.3, 0.4) is 0 Å². The van der Waals surface area contributed by atoms with Gasteiger partial charge in [0.15, 0.2) is 11.5 Å². The van der Waals surface area contributed by atoms with E-state index in [1.165, 1.54) is 25.3 Å². The lowest BCUT2D eigenvalue weighted by molar-refractivity contribution is -0.384. The summed E-state index contributed by atoms with van der Waals surface area (Å²) in [6.07, 6.45) is 0. The van der Waals surface area contributed by atoms with Gasteiger partial charge >= 0.3 is 0 Å². The Hall–Kier alpha value is -2.59. The highest BCUT2D eigenvalue weighted by atomic mass is 79.9. The molecule has 0 saturated heterocycles. The second kappa shape index (κ2) is 6.24. The molecular formula is C14H9BrN2O4. The van der Waals surface area contributed by atoms with E-state index in [4.69, 9.17) is 14.7 Å². The third kappa shape index (κ3) is 3.30. The molecule has 2 aromatic carbocycles. The Morgan fingerprint density at radius 1 is 1.19 bits per heavy atom. The van der Waals surface area contributed by atoms with Gasteiger partial charge in [-0.05, 0) is 40.2 Å². The second-order valence-corrected chi connectivity index (χ2v) is 4.81. The molecule has 0 spiro atoms. The lowest BCUT2D eigenvalue weighted by Gasteiger charge is -2.11. The number of non-ortho nitro benzene ring substituents is 1. The fraction of sp³-hybridized carbons (Fsp3) is 0.0714. The Labute approximate surface area is 128 Å². The zero-order valence-corrected chi connectivity index (χ0v) is 12.5. The standard InChI is InChI=1S/C14H9BrN2O4/c1-20-14-7-10(17(18)19)3-5-13(14)21-12-4-2-9(8-16)6-11(12)15/h2-7H,1H3. The average molecular weight is 349 g/mol. The molecule has 0 aliphatic carbocycles. The highest BCUT2D eigenvalue weighted by Crippen LogP contribution is 2.37. The van der Waals surface area contributed by atoms with Gasteiger partial charge in [-0.3, -0.25) is 10.1 Å². The Balaban J connectivity index is 2.35. The molecule has 0 radical (unpaired) electrons. The zero-order chi connectivity index (χ0) is 15.4. The number of benzene rings is 2. The van der Waals surface area contributed by atoms with Crippen molar-refractivity contribution in [1.82, 2.24) is 0 Å². The van der Waals surface area contributed by atoms with Gasteiger partial charge in [-0.15, -0.1) is 0 Å². The first-order chi connectivity index (χ1) is 10.0. The summed E-state index contributed by atoms with van der Waals surface area (Å²) in [5, 5.41) is 19.5. The molecule has 21 heavy (non-hydrogen) atoms. The van der Waals surface area contributed by atoms with E-state index in [0.29, 0.717) is 21.5 Å². The fourth-order valence-electron chi connectivity index (χ4n) is 1.63. The Morgan fingerprint density at radius 3 is 2.48 bits per heavy atom. The van der Waals surface area contributed by atoms with Crippen LogP contribution in [-0.2, 0) is 0 Å². The van der Waals surface area contributed by atoms with Crippen molar-refractivity contribution in [2.75, 3.05) is 7.11 Å². The van der Waals surface area contributed by atoms with Crippen LogP contribution in [0.4, 0.5) is 5.69 Å². The van der Waals surface area contributed by atoms with Crippen molar-refractivity contribution in [2.24, 2.45) is 0 Å². The monoisotopic (exact) mass is 348 g/mol. The molecule has 0 N–H and O–H groups in total. The lowest BCUT2D eigenvalue weighted by atomic mass is 10.2. The van der Waals surface area contributed by atoms with Crippen molar-refractivity contribution >= 4 is 21.6 Å². The van der Waals surface area contributed by atoms with Crippen molar-refractivity contribution in [3.05, 3.63) is 56.5 Å². The molecule has 106 valence electrons. The van der Waals surface area contributed by atoms with Gasteiger partial charge in [0.1, 0.15) is 5.75 Å². The molecule has 0 atom stereocenters. The van der Waals surface area contributed by atoms with Gasteiger partial charge in [0.05, 0.1) is 34.2 Å². The number of nitro groups is 1. The van der Waals surface area contributed by atoms with Gasteiger partial charge in [-0.25, -0.2) is 0 Å². The van der Waals surface area contributed by atoms with Crippen LogP contribution in [0.25, 0.3) is 0 Å². The molecule has 0 heterocycles. The van der Waals surface area contributed by atoms with Gasteiger partial charge in [-0.1, -0.05) is 0 Å². The maximum atomic E-state index is 10.7. The summed E-state index contributed by atoms with van der Waals surface area (Å²) in [6.45, 7) is 0. The number of nitrogens with zero attached hydrogens (tertiary/aromatic N) is 2. The first-order valence-electron chi connectivity index (χ1n) is 5.75. The summed E-state index contributed by atoms with van der Waals surface area (Å²) in [7, 11) is 1.40. The van der Waals surface area contributed by atoms with Gasteiger partial charge in [0.25, 0.3) is 5.69 Å². The smallest absolute Gasteiger partial charge is 0.273 e. The summed E-state index contributed by atoms with van der Waals surface area (Å²) in [6, 6.07) is 10.9. The predicted octanol–water partition coefficient (Wildman–Crippen LogP) is 4.03. The van der Waals surface area contributed by atoms with E-state index in [1.807, 2.05) is 6.07 Å². The molecule has 0 amide bonds. The van der Waals surface area contributed by atoms with Crippen LogP contribution >= 0.6 is 15.9 Å². The van der Waals surface area contributed by atoms with Crippen LogP contribution in [0.15, 0.2) is 40.9 Å². The van der Waals surface area contributed by atoms with Gasteiger partial charge < -0.3 is 9.47 Å². The van der Waals surface area contributed by atoms with E-state index in [1.54, 1.807) is 18.2 Å². The average Bonchev–Trinajstić information content (AvgIpc) is 2.49. The van der Waals surface area contributed by atoms with Crippen molar-refractivity contribution in [3.8, 4) is 23.3 Å². The summed E-state index contributed by atoms with van der Waals surface area (Å²) >= 11 is 3.30. The number of methoxy groups -OCH3 is 1. The van der Waals surface area contributed by atoms with Crippen molar-refractivity contribution in [3.63, 3.8) is 0 Å². The van der Waals surface area contributed by atoms with Crippen LogP contribution in [0.5, 0.6) is 17.2 Å². The number of ether oxygens (including phenoxy) is 2. The third-order valence-corrected chi connectivity index (χ3v) is 3.26. The highest BCUT2D eigenvalue weighted by molar-refractivity contribution is 9.10. The Bertz CT molecular complexity index is 740. The summed E-state index contributed by atoms with van der Waals surface area (Å²) in [5.41, 5.74) is 0.406. The molecule has 7 heteroatoms. The molecule has 0 aliphatic rings. The molecule has 0 fully saturated rings. The number of hydrogen-bond donors (Lipinski definition) is 0. The van der Waals surface area contributed by atoms with E-state index in [-0.39, 0.29) is 11.4 Å². The minimum atomic E-state index is -0.510. The Morgan fingerprint density at radius 2 is 1.90 bits per heavy atom. The summed E-state index contributed by atoms with van der Waals surface area (Å²) in [4.78, 5) is 10.2. The van der Waals surface area contributed by atoms with Crippen molar-refractivity contribution in [1.29, 1.82) is 5.26 Å². The number of halogens is 1. The van der Waals surface area contributed by atoms with E-state index >= 15 is 0 Å². The van der Waals surface area contributed by atoms with E-state index in [9.17, 15) is 10.1 Å². The minimum Gasteiger partial charge on any atom is -0.493 e. The molecule has 0 aliphatic heterocycles. The zero-order valence-electron chi connectivity index (χ0n) is 10.9. The quantitative estimate of drug-likeness (QED) is 0.614. The topological polar surface area (TPSA) is 85.4 Å². The van der Waals surface area contributed by atoms with Crippen LogP contribution in [0.2, 0.25) is 0 Å². The van der Waals surface area contributed by atoms with Crippen molar-refractivity contribution in [2.45, 2.75) is 0 Å². The molecule has 0 unspecified atom stereocenters. The van der Waals surface area contributed by atoms with Crippen LogP contribution in [0.1, 0.15) is 5.56 Å². The molecule has 2 aromatic rings. The van der Waals surface area contributed by atoms with Crippen LogP contribution < -0.4 is 9.47 Å². The van der Waals surface area contributed by atoms with Gasteiger partial charge in [0.2, 0.25) is 0 Å². The molecule has 0 saturated carbocycles. The van der Waals surface area contributed by atoms with E-state index in [0.717, 1.165) is 0 Å². The summed E-state index contributed by atoms with van der Waals surface area (Å²) < 4.78 is 11.4. The predicted molar refractivity (Wildman–Crippen MR) is 78.6 cm³/mol. The summed E-state index contributed by atoms with van der Waals surface area (Å²) in [5.74, 6) is 1.06. The number of nitriles is 1. The van der Waals surface area contributed by atoms with Gasteiger partial charge in [-0.2, -0.15) is 5.26 Å². The number of rotatable bonds is 4. The third-order valence-electron chi connectivity index (χ3n) is 2.64. The molecule has 2 rings (SSSR count). The first-order valence-corrected chi connectivity index (χ1v) is 6.54. The maximum Gasteiger partial charge on any atom is 0.273 e. The van der Waals surface area contributed by atoms with E-state index in [2.05, 4.69) is 15.9 Å². The molecule has 0 aromatic heterocycles. The van der Waals surface area contributed by atoms with E-state index < -0.39 is 4.92 Å². The second-order valence-electron chi connectivity index (χ2n) is 3.95.